The van der Waals surface area contributed by atoms with E-state index in [2.05, 4.69) is 15.3 Å². The lowest BCUT2D eigenvalue weighted by Gasteiger charge is -2.08. The number of aromatic nitrogens is 5. The van der Waals surface area contributed by atoms with E-state index < -0.39 is 4.92 Å². The predicted octanol–water partition coefficient (Wildman–Crippen LogP) is 3.23. The van der Waals surface area contributed by atoms with E-state index in [1.807, 2.05) is 30.3 Å². The van der Waals surface area contributed by atoms with Crippen molar-refractivity contribution in [2.24, 2.45) is 7.05 Å². The number of hydrogen-bond donors (Lipinski definition) is 0. The second-order valence-electron chi connectivity index (χ2n) is 6.41. The van der Waals surface area contributed by atoms with Gasteiger partial charge in [-0.05, 0) is 6.07 Å². The number of nitro benzene ring substituents is 1. The zero-order valence-corrected chi connectivity index (χ0v) is 16.7. The van der Waals surface area contributed by atoms with E-state index in [4.69, 9.17) is 0 Å². The Morgan fingerprint density at radius 3 is 2.67 bits per heavy atom. The smallest absolute Gasteiger partial charge is 0.271 e. The highest BCUT2D eigenvalue weighted by molar-refractivity contribution is 7.98. The topological polar surface area (TPSA) is 109 Å². The molecule has 0 aliphatic heterocycles. The van der Waals surface area contributed by atoms with Crippen LogP contribution in [0.25, 0.3) is 16.9 Å². The number of nitro groups is 1. The summed E-state index contributed by atoms with van der Waals surface area (Å²) < 4.78 is 2.97. The average molecular weight is 420 g/mol. The number of benzene rings is 2. The van der Waals surface area contributed by atoms with Crippen LogP contribution in [0.15, 0.2) is 76.8 Å². The van der Waals surface area contributed by atoms with Gasteiger partial charge >= 0.3 is 0 Å². The molecule has 4 aromatic rings. The lowest BCUT2D eigenvalue weighted by atomic mass is 10.1. The molecule has 0 bridgehead atoms. The van der Waals surface area contributed by atoms with Gasteiger partial charge in [0.15, 0.2) is 5.16 Å². The van der Waals surface area contributed by atoms with Crippen LogP contribution < -0.4 is 5.56 Å². The van der Waals surface area contributed by atoms with Crippen molar-refractivity contribution < 1.29 is 4.92 Å². The van der Waals surface area contributed by atoms with Crippen LogP contribution in [0.2, 0.25) is 0 Å². The number of rotatable bonds is 6. The monoisotopic (exact) mass is 420 g/mol. The molecule has 0 N–H and O–H groups in total. The maximum atomic E-state index is 12.3. The summed E-state index contributed by atoms with van der Waals surface area (Å²) in [7, 11) is 1.67. The van der Waals surface area contributed by atoms with Crippen LogP contribution >= 0.6 is 11.8 Å². The fraction of sp³-hybridized carbons (Fsp3) is 0.100. The summed E-state index contributed by atoms with van der Waals surface area (Å²) in [6.07, 6.45) is 1.70. The summed E-state index contributed by atoms with van der Waals surface area (Å²) in [5.41, 5.74) is 2.52. The highest BCUT2D eigenvalue weighted by Gasteiger charge is 2.12. The molecule has 0 aliphatic carbocycles. The molecule has 0 spiro atoms. The van der Waals surface area contributed by atoms with Gasteiger partial charge in [-0.25, -0.2) is 9.67 Å². The standard InChI is InChI=1S/C20H16N6O3S/c1-24-19(27)11-18(14-6-3-2-4-7-14)21-20(24)30-13-15-12-25(23-22-15)16-8-5-9-17(10-16)26(28)29/h2-12H,13H2,1H3. The predicted molar refractivity (Wildman–Crippen MR) is 112 cm³/mol. The first kappa shape index (κ1) is 19.5. The molecule has 2 aromatic carbocycles. The third-order valence-electron chi connectivity index (χ3n) is 4.36. The number of non-ortho nitro benzene ring substituents is 1. The zero-order chi connectivity index (χ0) is 21.1. The van der Waals surface area contributed by atoms with Crippen LogP contribution in [-0.2, 0) is 12.8 Å². The normalized spacial score (nSPS) is 10.8. The van der Waals surface area contributed by atoms with E-state index in [1.54, 1.807) is 25.4 Å². The van der Waals surface area contributed by atoms with Crippen LogP contribution in [0.1, 0.15) is 5.69 Å². The second-order valence-corrected chi connectivity index (χ2v) is 7.35. The van der Waals surface area contributed by atoms with Crippen molar-refractivity contribution in [1.82, 2.24) is 24.5 Å². The molecule has 0 saturated carbocycles. The molecule has 0 atom stereocenters. The van der Waals surface area contributed by atoms with Crippen molar-refractivity contribution in [2.45, 2.75) is 10.9 Å². The van der Waals surface area contributed by atoms with Crippen LogP contribution in [0, 0.1) is 10.1 Å². The molecule has 30 heavy (non-hydrogen) atoms. The molecular weight excluding hydrogens is 404 g/mol. The summed E-state index contributed by atoms with van der Waals surface area (Å²) in [6.45, 7) is 0. The summed E-state index contributed by atoms with van der Waals surface area (Å²) in [5.74, 6) is 0.438. The maximum Gasteiger partial charge on any atom is 0.271 e. The zero-order valence-electron chi connectivity index (χ0n) is 15.9. The highest BCUT2D eigenvalue weighted by atomic mass is 32.2. The Kier molecular flexibility index (Phi) is 5.40. The minimum absolute atomic E-state index is 0.0177. The maximum absolute atomic E-state index is 12.3. The van der Waals surface area contributed by atoms with Crippen molar-refractivity contribution in [3.63, 3.8) is 0 Å². The molecule has 4 rings (SSSR count). The Balaban J connectivity index is 1.55. The Morgan fingerprint density at radius 2 is 1.90 bits per heavy atom. The number of thioether (sulfide) groups is 1. The molecule has 0 saturated heterocycles. The first-order valence-electron chi connectivity index (χ1n) is 8.93. The van der Waals surface area contributed by atoms with Gasteiger partial charge in [0.25, 0.3) is 11.2 Å². The minimum atomic E-state index is -0.455. The molecule has 150 valence electrons. The largest absolute Gasteiger partial charge is 0.291 e. The molecule has 0 amide bonds. The number of nitrogens with zero attached hydrogens (tertiary/aromatic N) is 6. The van der Waals surface area contributed by atoms with E-state index in [9.17, 15) is 14.9 Å². The minimum Gasteiger partial charge on any atom is -0.291 e. The van der Waals surface area contributed by atoms with E-state index >= 15 is 0 Å². The van der Waals surface area contributed by atoms with Gasteiger partial charge in [0.1, 0.15) is 0 Å². The summed E-state index contributed by atoms with van der Waals surface area (Å²) in [6, 6.07) is 17.2. The molecule has 0 radical (unpaired) electrons. The van der Waals surface area contributed by atoms with Crippen LogP contribution in [0.3, 0.4) is 0 Å². The third-order valence-corrected chi connectivity index (χ3v) is 5.42. The Morgan fingerprint density at radius 1 is 1.10 bits per heavy atom. The van der Waals surface area contributed by atoms with Crippen molar-refractivity contribution in [2.75, 3.05) is 0 Å². The molecule has 0 unspecified atom stereocenters. The van der Waals surface area contributed by atoms with Gasteiger partial charge in [-0.3, -0.25) is 19.5 Å². The summed E-state index contributed by atoms with van der Waals surface area (Å²) in [5, 5.41) is 19.7. The van der Waals surface area contributed by atoms with Gasteiger partial charge in [-0.15, -0.1) is 5.10 Å². The van der Waals surface area contributed by atoms with E-state index in [0.29, 0.717) is 28.0 Å². The van der Waals surface area contributed by atoms with E-state index in [1.165, 1.54) is 39.2 Å². The van der Waals surface area contributed by atoms with Gasteiger partial charge in [-0.1, -0.05) is 53.4 Å². The fourth-order valence-electron chi connectivity index (χ4n) is 2.78. The first-order chi connectivity index (χ1) is 14.5. The second kappa shape index (κ2) is 8.29. The fourth-order valence-corrected chi connectivity index (χ4v) is 3.64. The van der Waals surface area contributed by atoms with Crippen molar-refractivity contribution >= 4 is 17.4 Å². The lowest BCUT2D eigenvalue weighted by molar-refractivity contribution is -0.384. The van der Waals surface area contributed by atoms with Gasteiger partial charge in [0.2, 0.25) is 0 Å². The van der Waals surface area contributed by atoms with Crippen molar-refractivity contribution in [3.8, 4) is 16.9 Å². The van der Waals surface area contributed by atoms with Crippen molar-refractivity contribution in [1.29, 1.82) is 0 Å². The highest BCUT2D eigenvalue weighted by Crippen LogP contribution is 2.23. The summed E-state index contributed by atoms with van der Waals surface area (Å²) in [4.78, 5) is 27.5. The molecule has 0 aliphatic rings. The Labute approximate surface area is 175 Å². The lowest BCUT2D eigenvalue weighted by Crippen LogP contribution is -2.19. The van der Waals surface area contributed by atoms with Crippen molar-refractivity contribution in [3.05, 3.63) is 93.0 Å². The van der Waals surface area contributed by atoms with Crippen LogP contribution in [-0.4, -0.2) is 29.5 Å². The third kappa shape index (κ3) is 4.13. The van der Waals surface area contributed by atoms with Crippen LogP contribution in [0.5, 0.6) is 0 Å². The average Bonchev–Trinajstić information content (AvgIpc) is 3.24. The Hall–Kier alpha value is -3.79. The van der Waals surface area contributed by atoms with E-state index in [-0.39, 0.29) is 11.2 Å². The summed E-state index contributed by atoms with van der Waals surface area (Å²) >= 11 is 1.37. The number of hydrogen-bond acceptors (Lipinski definition) is 7. The quantitative estimate of drug-likeness (QED) is 0.204. The molecule has 2 aromatic heterocycles. The molecule has 0 fully saturated rings. The van der Waals surface area contributed by atoms with E-state index in [0.717, 1.165) is 5.56 Å². The van der Waals surface area contributed by atoms with Crippen LogP contribution in [0.4, 0.5) is 5.69 Å². The molecule has 2 heterocycles. The Bertz CT molecular complexity index is 1270. The molecule has 10 heteroatoms. The first-order valence-corrected chi connectivity index (χ1v) is 9.92. The molecule has 9 nitrogen and oxygen atoms in total. The van der Waals surface area contributed by atoms with Gasteiger partial charge in [-0.2, -0.15) is 0 Å². The van der Waals surface area contributed by atoms with Gasteiger partial charge < -0.3 is 0 Å². The molecular formula is C20H16N6O3S. The SMILES string of the molecule is Cn1c(SCc2cn(-c3cccc([N+](=O)[O-])c3)nn2)nc(-c2ccccc2)cc1=O. The van der Waals surface area contributed by atoms with Gasteiger partial charge in [0, 0.05) is 36.6 Å². The van der Waals surface area contributed by atoms with Gasteiger partial charge in [0.05, 0.1) is 28.2 Å².